The molecule has 0 radical (unpaired) electrons. The smallest absolute Gasteiger partial charge is 0.261 e. The van der Waals surface area contributed by atoms with Crippen LogP contribution >= 0.6 is 15.9 Å². The van der Waals surface area contributed by atoms with Crippen molar-refractivity contribution in [2.75, 3.05) is 6.61 Å². The highest BCUT2D eigenvalue weighted by Gasteiger charge is 2.30. The molecule has 1 saturated carbocycles. The molecule has 1 aliphatic carbocycles. The standard InChI is InChI=1S/C26H33BrN2O3/c1-3-24(26(31)28-22-11-5-4-6-12-22)29(17-20-10-8-7-9-19(20)2)25(30)18-32-23-15-13-21(27)14-16-23/h7-10,13-16,22,24H,3-6,11-12,17-18H2,1-2H3,(H,28,31). The first-order chi connectivity index (χ1) is 15.5. The van der Waals surface area contributed by atoms with E-state index in [0.717, 1.165) is 41.3 Å². The van der Waals surface area contributed by atoms with Crippen LogP contribution in [0.4, 0.5) is 0 Å². The van der Waals surface area contributed by atoms with E-state index in [0.29, 0.717) is 18.7 Å². The van der Waals surface area contributed by atoms with Gasteiger partial charge in [0.2, 0.25) is 5.91 Å². The molecule has 2 aromatic rings. The second kappa shape index (κ2) is 12.0. The molecule has 0 saturated heterocycles. The van der Waals surface area contributed by atoms with Crippen LogP contribution in [-0.2, 0) is 16.1 Å². The van der Waals surface area contributed by atoms with Gasteiger partial charge in [-0.25, -0.2) is 0 Å². The van der Waals surface area contributed by atoms with E-state index in [-0.39, 0.29) is 24.5 Å². The van der Waals surface area contributed by atoms with Crippen LogP contribution in [0.2, 0.25) is 0 Å². The number of benzene rings is 2. The summed E-state index contributed by atoms with van der Waals surface area (Å²) in [5.74, 6) is 0.365. The lowest BCUT2D eigenvalue weighted by atomic mass is 9.95. The quantitative estimate of drug-likeness (QED) is 0.501. The number of aryl methyl sites for hydroxylation is 1. The number of hydrogen-bond donors (Lipinski definition) is 1. The van der Waals surface area contributed by atoms with Crippen LogP contribution in [0.5, 0.6) is 5.75 Å². The third-order valence-electron chi connectivity index (χ3n) is 6.12. The number of nitrogens with zero attached hydrogens (tertiary/aromatic N) is 1. The molecule has 1 aliphatic rings. The minimum atomic E-state index is -0.530. The SMILES string of the molecule is CCC(C(=O)NC1CCCCC1)N(Cc1ccccc1C)C(=O)COc1ccc(Br)cc1. The molecule has 0 aromatic heterocycles. The summed E-state index contributed by atoms with van der Waals surface area (Å²) in [5, 5.41) is 3.21. The van der Waals surface area contributed by atoms with E-state index in [1.807, 2.05) is 62.4 Å². The van der Waals surface area contributed by atoms with Crippen molar-refractivity contribution in [3.8, 4) is 5.75 Å². The Hall–Kier alpha value is -2.34. The Morgan fingerprint density at radius 3 is 2.44 bits per heavy atom. The van der Waals surface area contributed by atoms with Crippen molar-refractivity contribution in [1.82, 2.24) is 10.2 Å². The van der Waals surface area contributed by atoms with Crippen LogP contribution < -0.4 is 10.1 Å². The summed E-state index contributed by atoms with van der Waals surface area (Å²) in [6.07, 6.45) is 6.10. The van der Waals surface area contributed by atoms with Crippen molar-refractivity contribution in [3.63, 3.8) is 0 Å². The lowest BCUT2D eigenvalue weighted by molar-refractivity contribution is -0.143. The monoisotopic (exact) mass is 500 g/mol. The van der Waals surface area contributed by atoms with Crippen LogP contribution in [0.3, 0.4) is 0 Å². The molecule has 1 atom stereocenters. The van der Waals surface area contributed by atoms with Crippen molar-refractivity contribution in [2.24, 2.45) is 0 Å². The van der Waals surface area contributed by atoms with Gasteiger partial charge in [0.25, 0.3) is 5.91 Å². The highest BCUT2D eigenvalue weighted by Crippen LogP contribution is 2.20. The summed E-state index contributed by atoms with van der Waals surface area (Å²) < 4.78 is 6.70. The average Bonchev–Trinajstić information content (AvgIpc) is 2.80. The summed E-state index contributed by atoms with van der Waals surface area (Å²) >= 11 is 3.40. The molecule has 2 amide bonds. The van der Waals surface area contributed by atoms with Crippen LogP contribution in [0.15, 0.2) is 53.0 Å². The second-order valence-corrected chi connectivity index (χ2v) is 9.37. The highest BCUT2D eigenvalue weighted by atomic mass is 79.9. The third kappa shape index (κ3) is 6.83. The van der Waals surface area contributed by atoms with Crippen LogP contribution in [-0.4, -0.2) is 35.4 Å². The number of carbonyl (C=O) groups is 2. The number of amides is 2. The molecule has 1 N–H and O–H groups in total. The topological polar surface area (TPSA) is 58.6 Å². The second-order valence-electron chi connectivity index (χ2n) is 8.46. The Morgan fingerprint density at radius 1 is 1.09 bits per heavy atom. The Labute approximate surface area is 199 Å². The van der Waals surface area contributed by atoms with E-state index in [4.69, 9.17) is 4.74 Å². The molecule has 32 heavy (non-hydrogen) atoms. The van der Waals surface area contributed by atoms with Crippen molar-refractivity contribution >= 4 is 27.7 Å². The first-order valence-electron chi connectivity index (χ1n) is 11.5. The molecule has 1 unspecified atom stereocenters. The minimum Gasteiger partial charge on any atom is -0.484 e. The fraction of sp³-hybridized carbons (Fsp3) is 0.462. The van der Waals surface area contributed by atoms with Gasteiger partial charge in [-0.2, -0.15) is 0 Å². The largest absolute Gasteiger partial charge is 0.484 e. The zero-order valence-corrected chi connectivity index (χ0v) is 20.6. The maximum Gasteiger partial charge on any atom is 0.261 e. The van der Waals surface area contributed by atoms with E-state index >= 15 is 0 Å². The van der Waals surface area contributed by atoms with Gasteiger partial charge in [0, 0.05) is 17.1 Å². The lowest BCUT2D eigenvalue weighted by Crippen LogP contribution is -2.52. The van der Waals surface area contributed by atoms with E-state index < -0.39 is 6.04 Å². The van der Waals surface area contributed by atoms with Crippen molar-refractivity contribution in [2.45, 2.75) is 71.0 Å². The Morgan fingerprint density at radius 2 is 1.78 bits per heavy atom. The molecule has 5 nitrogen and oxygen atoms in total. The molecule has 0 spiro atoms. The van der Waals surface area contributed by atoms with Gasteiger partial charge in [0.15, 0.2) is 6.61 Å². The van der Waals surface area contributed by atoms with Gasteiger partial charge >= 0.3 is 0 Å². The molecule has 1 fully saturated rings. The predicted molar refractivity (Wildman–Crippen MR) is 130 cm³/mol. The van der Waals surface area contributed by atoms with Gasteiger partial charge < -0.3 is 15.0 Å². The van der Waals surface area contributed by atoms with Crippen LogP contribution in [0, 0.1) is 6.92 Å². The van der Waals surface area contributed by atoms with Crippen LogP contribution in [0.1, 0.15) is 56.6 Å². The maximum absolute atomic E-state index is 13.3. The number of nitrogens with one attached hydrogen (secondary N) is 1. The molecular weight excluding hydrogens is 468 g/mol. The first kappa shape index (κ1) is 24.3. The van der Waals surface area contributed by atoms with Gasteiger partial charge in [-0.3, -0.25) is 9.59 Å². The van der Waals surface area contributed by atoms with E-state index in [1.165, 1.54) is 6.42 Å². The molecule has 2 aromatic carbocycles. The molecule has 0 heterocycles. The molecule has 172 valence electrons. The molecule has 0 bridgehead atoms. The van der Waals surface area contributed by atoms with E-state index in [2.05, 4.69) is 21.2 Å². The molecule has 3 rings (SSSR count). The summed E-state index contributed by atoms with van der Waals surface area (Å²) in [5.41, 5.74) is 2.13. The summed E-state index contributed by atoms with van der Waals surface area (Å²) in [4.78, 5) is 28.2. The van der Waals surface area contributed by atoms with Gasteiger partial charge in [-0.1, -0.05) is 66.4 Å². The van der Waals surface area contributed by atoms with E-state index in [1.54, 1.807) is 4.90 Å². The fourth-order valence-electron chi connectivity index (χ4n) is 4.19. The summed E-state index contributed by atoms with van der Waals surface area (Å²) in [7, 11) is 0. The summed E-state index contributed by atoms with van der Waals surface area (Å²) in [6, 6.07) is 15.0. The van der Waals surface area contributed by atoms with Crippen LogP contribution in [0.25, 0.3) is 0 Å². The zero-order chi connectivity index (χ0) is 22.9. The highest BCUT2D eigenvalue weighted by molar-refractivity contribution is 9.10. The number of ether oxygens (including phenoxy) is 1. The van der Waals surface area contributed by atoms with Gasteiger partial charge in [-0.15, -0.1) is 0 Å². The third-order valence-corrected chi connectivity index (χ3v) is 6.64. The first-order valence-corrected chi connectivity index (χ1v) is 12.3. The molecule has 0 aliphatic heterocycles. The lowest BCUT2D eigenvalue weighted by Gasteiger charge is -2.33. The minimum absolute atomic E-state index is 0.0648. The molecular formula is C26H33BrN2O3. The van der Waals surface area contributed by atoms with Crippen molar-refractivity contribution in [1.29, 1.82) is 0 Å². The normalized spacial score (nSPS) is 15.1. The Kier molecular flexibility index (Phi) is 9.15. The van der Waals surface area contributed by atoms with Crippen molar-refractivity contribution < 1.29 is 14.3 Å². The zero-order valence-electron chi connectivity index (χ0n) is 19.0. The van der Waals surface area contributed by atoms with Gasteiger partial charge in [0.1, 0.15) is 11.8 Å². The number of rotatable bonds is 9. The Balaban J connectivity index is 1.75. The number of halogens is 1. The van der Waals surface area contributed by atoms with Gasteiger partial charge in [-0.05, 0) is 61.6 Å². The van der Waals surface area contributed by atoms with Crippen molar-refractivity contribution in [3.05, 3.63) is 64.1 Å². The van der Waals surface area contributed by atoms with E-state index in [9.17, 15) is 9.59 Å². The Bertz CT molecular complexity index is 894. The van der Waals surface area contributed by atoms with Gasteiger partial charge in [0.05, 0.1) is 0 Å². The maximum atomic E-state index is 13.3. The predicted octanol–water partition coefficient (Wildman–Crippen LogP) is 5.39. The fourth-order valence-corrected chi connectivity index (χ4v) is 4.46. The number of hydrogen-bond acceptors (Lipinski definition) is 3. The number of carbonyl (C=O) groups excluding carboxylic acids is 2. The average molecular weight is 501 g/mol. The summed E-state index contributed by atoms with van der Waals surface area (Å²) in [6.45, 7) is 4.25. The molecule has 6 heteroatoms.